The van der Waals surface area contributed by atoms with E-state index in [4.69, 9.17) is 4.74 Å². The average Bonchev–Trinajstić information content (AvgIpc) is 2.93. The number of nitrogens with zero attached hydrogens (tertiary/aromatic N) is 1. The molecule has 1 saturated heterocycles. The first kappa shape index (κ1) is 13.8. The van der Waals surface area contributed by atoms with Gasteiger partial charge in [0, 0.05) is 12.0 Å². The summed E-state index contributed by atoms with van der Waals surface area (Å²) in [5, 5.41) is 2.59. The molecule has 0 aromatic heterocycles. The normalized spacial score (nSPS) is 20.0. The zero-order valence-corrected chi connectivity index (χ0v) is 12.5. The maximum Gasteiger partial charge on any atom is 0.325 e. The van der Waals surface area contributed by atoms with Gasteiger partial charge in [0.15, 0.2) is 0 Å². The highest BCUT2D eigenvalue weighted by molar-refractivity contribution is 6.02. The smallest absolute Gasteiger partial charge is 0.325 e. The van der Waals surface area contributed by atoms with Crippen molar-refractivity contribution in [3.63, 3.8) is 0 Å². The molecule has 3 amide bonds. The predicted molar refractivity (Wildman–Crippen MR) is 85.0 cm³/mol. The Balaban J connectivity index is 1.77. The van der Waals surface area contributed by atoms with Gasteiger partial charge in [-0.05, 0) is 23.3 Å². The number of rotatable bonds is 2. The number of imide groups is 1. The molecule has 0 saturated carbocycles. The number of carbonyl (C=O) groups is 2. The van der Waals surface area contributed by atoms with E-state index in [-0.39, 0.29) is 24.5 Å². The Hall–Kier alpha value is -2.82. The number of nitrogens with one attached hydrogen (secondary N) is 1. The van der Waals surface area contributed by atoms with Gasteiger partial charge >= 0.3 is 6.03 Å². The summed E-state index contributed by atoms with van der Waals surface area (Å²) >= 11 is 0. The van der Waals surface area contributed by atoms with Crippen LogP contribution in [0.25, 0.3) is 11.1 Å². The van der Waals surface area contributed by atoms with Crippen LogP contribution in [0.3, 0.4) is 0 Å². The molecule has 0 aliphatic carbocycles. The molecule has 4 rings (SSSR count). The van der Waals surface area contributed by atoms with E-state index in [0.29, 0.717) is 13.0 Å². The highest BCUT2D eigenvalue weighted by Crippen LogP contribution is 2.39. The van der Waals surface area contributed by atoms with Crippen LogP contribution in [0.15, 0.2) is 48.5 Å². The first-order valence-electron chi connectivity index (χ1n) is 7.66. The number of hydrogen-bond donors (Lipinski definition) is 1. The lowest BCUT2D eigenvalue weighted by atomic mass is 9.94. The minimum atomic E-state index is -0.321. The van der Waals surface area contributed by atoms with Gasteiger partial charge in [-0.1, -0.05) is 36.4 Å². The lowest BCUT2D eigenvalue weighted by Crippen LogP contribution is -2.37. The minimum Gasteiger partial charge on any atom is -0.493 e. The fourth-order valence-electron chi connectivity index (χ4n) is 3.20. The van der Waals surface area contributed by atoms with Crippen molar-refractivity contribution in [1.82, 2.24) is 10.2 Å². The van der Waals surface area contributed by atoms with Crippen molar-refractivity contribution in [2.75, 3.05) is 13.2 Å². The highest BCUT2D eigenvalue weighted by Gasteiger charge is 2.38. The molecule has 5 nitrogen and oxygen atoms in total. The second-order valence-electron chi connectivity index (χ2n) is 5.69. The summed E-state index contributed by atoms with van der Waals surface area (Å²) in [6.07, 6.45) is 0.615. The van der Waals surface area contributed by atoms with Crippen LogP contribution in [0, 0.1) is 0 Å². The number of ether oxygens (including phenoxy) is 1. The molecular formula is C18H16N2O3. The lowest BCUT2D eigenvalue weighted by Gasteiger charge is -2.31. The SMILES string of the molecule is O=C1CNC(=O)N1C1CCOc2ccc(-c3ccccc3)cc21. The van der Waals surface area contributed by atoms with Gasteiger partial charge in [-0.25, -0.2) is 4.79 Å². The fourth-order valence-corrected chi connectivity index (χ4v) is 3.20. The molecule has 2 heterocycles. The van der Waals surface area contributed by atoms with E-state index in [1.807, 2.05) is 48.5 Å². The molecule has 2 aliphatic rings. The highest BCUT2D eigenvalue weighted by atomic mass is 16.5. The number of hydrogen-bond acceptors (Lipinski definition) is 3. The Bertz CT molecular complexity index is 757. The summed E-state index contributed by atoms with van der Waals surface area (Å²) in [6.45, 7) is 0.573. The Labute approximate surface area is 133 Å². The summed E-state index contributed by atoms with van der Waals surface area (Å²) in [5.74, 6) is 0.561. The average molecular weight is 308 g/mol. The third kappa shape index (κ3) is 2.34. The van der Waals surface area contributed by atoms with Crippen molar-refractivity contribution in [2.45, 2.75) is 12.5 Å². The largest absolute Gasteiger partial charge is 0.493 e. The van der Waals surface area contributed by atoms with Gasteiger partial charge in [-0.3, -0.25) is 9.69 Å². The van der Waals surface area contributed by atoms with Crippen LogP contribution in [0.4, 0.5) is 4.79 Å². The van der Waals surface area contributed by atoms with Crippen molar-refractivity contribution in [1.29, 1.82) is 0 Å². The molecule has 23 heavy (non-hydrogen) atoms. The van der Waals surface area contributed by atoms with Gasteiger partial charge in [-0.15, -0.1) is 0 Å². The molecular weight excluding hydrogens is 292 g/mol. The van der Waals surface area contributed by atoms with E-state index in [2.05, 4.69) is 5.32 Å². The zero-order chi connectivity index (χ0) is 15.8. The van der Waals surface area contributed by atoms with Crippen LogP contribution < -0.4 is 10.1 Å². The molecule has 2 aromatic carbocycles. The topological polar surface area (TPSA) is 58.6 Å². The van der Waals surface area contributed by atoms with E-state index in [9.17, 15) is 9.59 Å². The van der Waals surface area contributed by atoms with Gasteiger partial charge in [0.05, 0.1) is 19.2 Å². The molecule has 1 unspecified atom stereocenters. The molecule has 1 atom stereocenters. The molecule has 116 valence electrons. The van der Waals surface area contributed by atoms with Crippen molar-refractivity contribution in [3.8, 4) is 16.9 Å². The van der Waals surface area contributed by atoms with E-state index in [1.165, 1.54) is 4.90 Å². The fraction of sp³-hybridized carbons (Fsp3) is 0.222. The Morgan fingerprint density at radius 3 is 2.61 bits per heavy atom. The van der Waals surface area contributed by atoms with Crippen molar-refractivity contribution in [3.05, 3.63) is 54.1 Å². The van der Waals surface area contributed by atoms with Crippen molar-refractivity contribution >= 4 is 11.9 Å². The predicted octanol–water partition coefficient (Wildman–Crippen LogP) is 2.73. The monoisotopic (exact) mass is 308 g/mol. The van der Waals surface area contributed by atoms with Gasteiger partial charge in [0.25, 0.3) is 5.91 Å². The standard InChI is InChI=1S/C18H16N2O3/c21-17-11-19-18(22)20(17)15-8-9-23-16-7-6-13(10-14(15)16)12-4-2-1-3-5-12/h1-7,10,15H,8-9,11H2,(H,19,22). The minimum absolute atomic E-state index is 0.0733. The van der Waals surface area contributed by atoms with Crippen LogP contribution in [0.2, 0.25) is 0 Å². The molecule has 5 heteroatoms. The summed E-state index contributed by atoms with van der Waals surface area (Å²) in [4.78, 5) is 25.4. The summed E-state index contributed by atoms with van der Waals surface area (Å²) in [6, 6.07) is 15.4. The summed E-state index contributed by atoms with van der Waals surface area (Å²) < 4.78 is 5.70. The third-order valence-corrected chi connectivity index (χ3v) is 4.31. The second-order valence-corrected chi connectivity index (χ2v) is 5.69. The van der Waals surface area contributed by atoms with E-state index in [0.717, 1.165) is 22.4 Å². The quantitative estimate of drug-likeness (QED) is 0.868. The molecule has 0 radical (unpaired) electrons. The van der Waals surface area contributed by atoms with E-state index >= 15 is 0 Å². The number of carbonyl (C=O) groups excluding carboxylic acids is 2. The second kappa shape index (κ2) is 5.43. The lowest BCUT2D eigenvalue weighted by molar-refractivity contribution is -0.127. The summed E-state index contributed by atoms with van der Waals surface area (Å²) in [7, 11) is 0. The van der Waals surface area contributed by atoms with Crippen LogP contribution in [-0.4, -0.2) is 30.0 Å². The maximum absolute atomic E-state index is 12.1. The van der Waals surface area contributed by atoms with E-state index in [1.54, 1.807) is 0 Å². The maximum atomic E-state index is 12.1. The third-order valence-electron chi connectivity index (χ3n) is 4.31. The van der Waals surface area contributed by atoms with Gasteiger partial charge in [0.2, 0.25) is 0 Å². The van der Waals surface area contributed by atoms with Crippen LogP contribution in [0.5, 0.6) is 5.75 Å². The molecule has 0 spiro atoms. The van der Waals surface area contributed by atoms with Gasteiger partial charge < -0.3 is 10.1 Å². The van der Waals surface area contributed by atoms with Crippen molar-refractivity contribution in [2.24, 2.45) is 0 Å². The zero-order valence-electron chi connectivity index (χ0n) is 12.5. The number of fused-ring (bicyclic) bond motifs is 1. The Morgan fingerprint density at radius 1 is 1.04 bits per heavy atom. The first-order chi connectivity index (χ1) is 11.2. The number of amides is 3. The molecule has 2 aromatic rings. The van der Waals surface area contributed by atoms with Crippen LogP contribution >= 0.6 is 0 Å². The molecule has 1 fully saturated rings. The van der Waals surface area contributed by atoms with Crippen LogP contribution in [-0.2, 0) is 4.79 Å². The molecule has 1 N–H and O–H groups in total. The molecule has 0 bridgehead atoms. The van der Waals surface area contributed by atoms with Gasteiger partial charge in [0.1, 0.15) is 5.75 Å². The van der Waals surface area contributed by atoms with Crippen LogP contribution in [0.1, 0.15) is 18.0 Å². The Morgan fingerprint density at radius 2 is 1.87 bits per heavy atom. The van der Waals surface area contributed by atoms with Gasteiger partial charge in [-0.2, -0.15) is 0 Å². The number of benzene rings is 2. The van der Waals surface area contributed by atoms with E-state index < -0.39 is 0 Å². The Kier molecular flexibility index (Phi) is 3.26. The first-order valence-corrected chi connectivity index (χ1v) is 7.66. The molecule has 2 aliphatic heterocycles. The summed E-state index contributed by atoms with van der Waals surface area (Å²) in [5.41, 5.74) is 3.03. The number of urea groups is 1. The van der Waals surface area contributed by atoms with Crippen molar-refractivity contribution < 1.29 is 14.3 Å².